The van der Waals surface area contributed by atoms with Gasteiger partial charge in [-0.2, -0.15) is 0 Å². The van der Waals surface area contributed by atoms with Crippen molar-refractivity contribution in [2.45, 2.75) is 45.2 Å². The minimum absolute atomic E-state index is 0.194. The molecule has 0 saturated carbocycles. The van der Waals surface area contributed by atoms with Crippen molar-refractivity contribution in [3.8, 4) is 0 Å². The van der Waals surface area contributed by atoms with E-state index in [2.05, 4.69) is 21.2 Å². The molecule has 0 amide bonds. The van der Waals surface area contributed by atoms with E-state index in [4.69, 9.17) is 9.47 Å². The van der Waals surface area contributed by atoms with E-state index < -0.39 is 0 Å². The lowest BCUT2D eigenvalue weighted by atomic mass is 9.65. The van der Waals surface area contributed by atoms with Gasteiger partial charge in [-0.05, 0) is 39.2 Å². The molecule has 4 rings (SSSR count). The predicted molar refractivity (Wildman–Crippen MR) is 89.5 cm³/mol. The molecule has 3 aliphatic heterocycles. The summed E-state index contributed by atoms with van der Waals surface area (Å²) < 4.78 is 11.5. The topological polar surface area (TPSA) is 47.5 Å². The molecular weight excluding hydrogens is 310 g/mol. The van der Waals surface area contributed by atoms with Crippen LogP contribution >= 0.6 is 11.3 Å². The molecule has 0 N–H and O–H groups in total. The highest BCUT2D eigenvalue weighted by Crippen LogP contribution is 2.48. The van der Waals surface area contributed by atoms with E-state index in [-0.39, 0.29) is 5.41 Å². The Bertz CT molecular complexity index is 584. The van der Waals surface area contributed by atoms with Gasteiger partial charge in [-0.3, -0.25) is 4.90 Å². The zero-order valence-electron chi connectivity index (χ0n) is 13.8. The first-order chi connectivity index (χ1) is 11.3. The second-order valence-corrected chi connectivity index (χ2v) is 8.12. The summed E-state index contributed by atoms with van der Waals surface area (Å²) in [7, 11) is 0. The van der Waals surface area contributed by atoms with E-state index in [9.17, 15) is 0 Å². The third kappa shape index (κ3) is 2.97. The smallest absolute Gasteiger partial charge is 0.131 e. The second-order valence-electron chi connectivity index (χ2n) is 6.86. The number of aryl methyl sites for hydroxylation is 1. The van der Waals surface area contributed by atoms with Gasteiger partial charge in [0.2, 0.25) is 0 Å². The van der Waals surface area contributed by atoms with Crippen LogP contribution in [0, 0.1) is 12.3 Å². The molecule has 4 heterocycles. The molecule has 5 nitrogen and oxygen atoms in total. The zero-order valence-corrected chi connectivity index (χ0v) is 14.6. The summed E-state index contributed by atoms with van der Waals surface area (Å²) in [4.78, 5) is 2.64. The van der Waals surface area contributed by atoms with Gasteiger partial charge in [-0.25, -0.2) is 0 Å². The van der Waals surface area contributed by atoms with Crippen LogP contribution in [0.25, 0.3) is 0 Å². The van der Waals surface area contributed by atoms with Crippen molar-refractivity contribution in [1.82, 2.24) is 15.1 Å². The lowest BCUT2D eigenvalue weighted by Crippen LogP contribution is -2.57. The lowest BCUT2D eigenvalue weighted by Gasteiger charge is -2.54. The van der Waals surface area contributed by atoms with E-state index in [1.807, 2.05) is 6.92 Å². The quantitative estimate of drug-likeness (QED) is 0.795. The van der Waals surface area contributed by atoms with E-state index >= 15 is 0 Å². The van der Waals surface area contributed by atoms with Gasteiger partial charge >= 0.3 is 0 Å². The van der Waals surface area contributed by atoms with Crippen molar-refractivity contribution in [2.24, 2.45) is 5.41 Å². The predicted octanol–water partition coefficient (Wildman–Crippen LogP) is 2.56. The molecule has 126 valence electrons. The van der Waals surface area contributed by atoms with Crippen LogP contribution in [0.1, 0.15) is 35.7 Å². The highest BCUT2D eigenvalue weighted by atomic mass is 32.1. The van der Waals surface area contributed by atoms with Crippen LogP contribution in [0.3, 0.4) is 0 Å². The molecular formula is C17H25N3O2S. The number of fused-ring (bicyclic) bond motifs is 1. The van der Waals surface area contributed by atoms with E-state index in [1.165, 1.54) is 12.8 Å². The number of piperidine rings is 1. The Hall–Kier alpha value is -0.820. The Morgan fingerprint density at radius 2 is 2.30 bits per heavy atom. The Morgan fingerprint density at radius 1 is 1.35 bits per heavy atom. The molecule has 1 aromatic heterocycles. The van der Waals surface area contributed by atoms with Gasteiger partial charge in [0.1, 0.15) is 10.0 Å². The molecule has 1 aromatic rings. The Kier molecular flexibility index (Phi) is 4.50. The molecule has 0 unspecified atom stereocenters. The lowest BCUT2D eigenvalue weighted by molar-refractivity contribution is -0.0874. The van der Waals surface area contributed by atoms with Gasteiger partial charge in [0.05, 0.1) is 26.4 Å². The SMILES string of the molecule is Cc1nnc(CN2CCC[C@]3(C4=CCOCC4)COCC[C@@H]23)s1. The van der Waals surface area contributed by atoms with Crippen LogP contribution in [0.5, 0.6) is 0 Å². The minimum atomic E-state index is 0.194. The normalized spacial score (nSPS) is 32.4. The number of hydrogen-bond donors (Lipinski definition) is 0. The summed E-state index contributed by atoms with van der Waals surface area (Å²) in [6, 6.07) is 0.568. The number of rotatable bonds is 3. The maximum absolute atomic E-state index is 5.96. The summed E-state index contributed by atoms with van der Waals surface area (Å²) in [6.45, 7) is 7.49. The summed E-state index contributed by atoms with van der Waals surface area (Å²) in [5.74, 6) is 0. The van der Waals surface area contributed by atoms with Crippen molar-refractivity contribution >= 4 is 11.3 Å². The molecule has 3 aliphatic rings. The van der Waals surface area contributed by atoms with E-state index in [1.54, 1.807) is 16.9 Å². The van der Waals surface area contributed by atoms with Gasteiger partial charge in [0.25, 0.3) is 0 Å². The average Bonchev–Trinajstić information content (AvgIpc) is 3.01. The first-order valence-electron chi connectivity index (χ1n) is 8.66. The number of ether oxygens (including phenoxy) is 2. The summed E-state index contributed by atoms with van der Waals surface area (Å²) in [5, 5.41) is 10.7. The van der Waals surface area contributed by atoms with Crippen molar-refractivity contribution in [1.29, 1.82) is 0 Å². The van der Waals surface area contributed by atoms with Crippen LogP contribution in [0.2, 0.25) is 0 Å². The van der Waals surface area contributed by atoms with Crippen LogP contribution in [0.4, 0.5) is 0 Å². The Labute approximate surface area is 141 Å². The third-order valence-electron chi connectivity index (χ3n) is 5.55. The van der Waals surface area contributed by atoms with Crippen molar-refractivity contribution in [3.63, 3.8) is 0 Å². The highest BCUT2D eigenvalue weighted by Gasteiger charge is 2.49. The molecule has 0 radical (unpaired) electrons. The molecule has 2 atom stereocenters. The fourth-order valence-corrected chi connectivity index (χ4v) is 5.29. The maximum Gasteiger partial charge on any atom is 0.131 e. The third-order valence-corrected chi connectivity index (χ3v) is 6.37. The first kappa shape index (κ1) is 15.7. The molecule has 2 fully saturated rings. The van der Waals surface area contributed by atoms with Crippen LogP contribution in [0.15, 0.2) is 11.6 Å². The second kappa shape index (κ2) is 6.59. The van der Waals surface area contributed by atoms with Gasteiger partial charge in [0.15, 0.2) is 0 Å². The molecule has 2 saturated heterocycles. The Morgan fingerprint density at radius 3 is 3.09 bits per heavy atom. The fourth-order valence-electron chi connectivity index (χ4n) is 4.56. The van der Waals surface area contributed by atoms with Gasteiger partial charge < -0.3 is 9.47 Å². The minimum Gasteiger partial charge on any atom is -0.380 e. The van der Waals surface area contributed by atoms with Crippen molar-refractivity contribution < 1.29 is 9.47 Å². The Balaban J connectivity index is 1.60. The van der Waals surface area contributed by atoms with Gasteiger partial charge in [0, 0.05) is 18.1 Å². The maximum atomic E-state index is 5.96. The van der Waals surface area contributed by atoms with E-state index in [0.29, 0.717) is 6.04 Å². The van der Waals surface area contributed by atoms with Crippen molar-refractivity contribution in [2.75, 3.05) is 33.0 Å². The average molecular weight is 335 g/mol. The highest BCUT2D eigenvalue weighted by molar-refractivity contribution is 7.11. The molecule has 0 spiro atoms. The van der Waals surface area contributed by atoms with Crippen LogP contribution in [-0.2, 0) is 16.0 Å². The zero-order chi connectivity index (χ0) is 15.7. The number of likely N-dealkylation sites (tertiary alicyclic amines) is 1. The molecule has 0 aliphatic carbocycles. The van der Waals surface area contributed by atoms with Crippen molar-refractivity contribution in [3.05, 3.63) is 21.7 Å². The number of aromatic nitrogens is 2. The number of nitrogens with zero attached hydrogens (tertiary/aromatic N) is 3. The molecule has 6 heteroatoms. The fraction of sp³-hybridized carbons (Fsp3) is 0.765. The summed E-state index contributed by atoms with van der Waals surface area (Å²) in [6.07, 6.45) is 6.98. The van der Waals surface area contributed by atoms with Gasteiger partial charge in [-0.1, -0.05) is 11.6 Å². The standard InChI is InChI=1S/C17H25N3O2S/c1-13-18-19-16(23-13)11-20-7-2-6-17(12-22-10-5-15(17)20)14-3-8-21-9-4-14/h3,15H,2,4-12H2,1H3/t15-,17-/m1/s1. The van der Waals surface area contributed by atoms with E-state index in [0.717, 1.165) is 62.4 Å². The van der Waals surface area contributed by atoms with Crippen LogP contribution < -0.4 is 0 Å². The summed E-state index contributed by atoms with van der Waals surface area (Å²) in [5.41, 5.74) is 1.77. The first-order valence-corrected chi connectivity index (χ1v) is 9.48. The van der Waals surface area contributed by atoms with Gasteiger partial charge in [-0.15, -0.1) is 21.5 Å². The molecule has 23 heavy (non-hydrogen) atoms. The monoisotopic (exact) mass is 335 g/mol. The molecule has 0 aromatic carbocycles. The number of hydrogen-bond acceptors (Lipinski definition) is 6. The summed E-state index contributed by atoms with van der Waals surface area (Å²) >= 11 is 1.73. The van der Waals surface area contributed by atoms with Crippen LogP contribution in [-0.4, -0.2) is 54.1 Å². The molecule has 0 bridgehead atoms. The largest absolute Gasteiger partial charge is 0.380 e.